The van der Waals surface area contributed by atoms with Crippen molar-refractivity contribution in [3.63, 3.8) is 0 Å². The zero-order valence-electron chi connectivity index (χ0n) is 17.2. The van der Waals surface area contributed by atoms with Crippen LogP contribution >= 0.6 is 0 Å². The molecule has 3 rings (SSSR count). The average Bonchev–Trinajstić information content (AvgIpc) is 2.74. The molecule has 1 aliphatic heterocycles. The predicted octanol–water partition coefficient (Wildman–Crippen LogP) is 3.04. The van der Waals surface area contributed by atoms with Crippen molar-refractivity contribution in [2.75, 3.05) is 26.3 Å². The van der Waals surface area contributed by atoms with Crippen molar-refractivity contribution in [3.8, 4) is 0 Å². The Morgan fingerprint density at radius 3 is 2.32 bits per heavy atom. The molecule has 2 amide bonds. The van der Waals surface area contributed by atoms with Gasteiger partial charge in [0.2, 0.25) is 11.8 Å². The highest BCUT2D eigenvalue weighted by Crippen LogP contribution is 2.33. The Bertz CT molecular complexity index is 633. The van der Waals surface area contributed by atoms with Crippen molar-refractivity contribution in [2.24, 2.45) is 17.8 Å². The van der Waals surface area contributed by atoms with Crippen LogP contribution in [0.5, 0.6) is 0 Å². The van der Waals surface area contributed by atoms with E-state index < -0.39 is 6.04 Å². The van der Waals surface area contributed by atoms with E-state index in [0.29, 0.717) is 38.6 Å². The molecule has 1 saturated heterocycles. The lowest BCUT2D eigenvalue weighted by molar-refractivity contribution is -0.140. The number of rotatable bonds is 6. The number of hydrogen-bond acceptors (Lipinski definition) is 3. The number of ether oxygens (including phenoxy) is 1. The van der Waals surface area contributed by atoms with Gasteiger partial charge in [-0.3, -0.25) is 9.59 Å². The van der Waals surface area contributed by atoms with Crippen LogP contribution in [0, 0.1) is 17.8 Å². The van der Waals surface area contributed by atoms with Crippen molar-refractivity contribution in [2.45, 2.75) is 52.0 Å². The number of hydrogen-bond donors (Lipinski definition) is 1. The van der Waals surface area contributed by atoms with E-state index in [9.17, 15) is 9.59 Å². The topological polar surface area (TPSA) is 58.6 Å². The number of benzene rings is 1. The van der Waals surface area contributed by atoms with Crippen LogP contribution in [0.2, 0.25) is 0 Å². The lowest BCUT2D eigenvalue weighted by Gasteiger charge is -2.33. The van der Waals surface area contributed by atoms with E-state index in [1.165, 1.54) is 0 Å². The summed E-state index contributed by atoms with van der Waals surface area (Å²) in [6.45, 7) is 6.86. The second-order valence-electron chi connectivity index (χ2n) is 8.54. The first kappa shape index (κ1) is 20.8. The van der Waals surface area contributed by atoms with Crippen molar-refractivity contribution in [3.05, 3.63) is 35.9 Å². The molecule has 2 aliphatic rings. The molecule has 154 valence electrons. The third kappa shape index (κ3) is 5.57. The van der Waals surface area contributed by atoms with E-state index in [1.54, 1.807) is 0 Å². The third-order valence-electron chi connectivity index (χ3n) is 6.31. The molecule has 0 bridgehead atoms. The summed E-state index contributed by atoms with van der Waals surface area (Å²) in [5, 5.41) is 3.11. The average molecular weight is 387 g/mol. The maximum atomic E-state index is 13.1. The van der Waals surface area contributed by atoms with Gasteiger partial charge in [-0.25, -0.2) is 0 Å². The van der Waals surface area contributed by atoms with Crippen LogP contribution in [0.1, 0.15) is 45.1 Å². The van der Waals surface area contributed by atoms with E-state index in [4.69, 9.17) is 4.74 Å². The summed E-state index contributed by atoms with van der Waals surface area (Å²) in [5.74, 6) is 1.49. The zero-order chi connectivity index (χ0) is 19.9. The van der Waals surface area contributed by atoms with Crippen LogP contribution in [0.15, 0.2) is 30.3 Å². The summed E-state index contributed by atoms with van der Waals surface area (Å²) in [7, 11) is 0. The Morgan fingerprint density at radius 1 is 1.07 bits per heavy atom. The second kappa shape index (κ2) is 10.1. The maximum absolute atomic E-state index is 13.1. The van der Waals surface area contributed by atoms with E-state index in [0.717, 1.165) is 37.2 Å². The maximum Gasteiger partial charge on any atom is 0.245 e. The minimum absolute atomic E-state index is 0.0105. The molecule has 1 atom stereocenters. The highest BCUT2D eigenvalue weighted by molar-refractivity contribution is 5.88. The molecule has 0 radical (unpaired) electrons. The van der Waals surface area contributed by atoms with Gasteiger partial charge in [0.1, 0.15) is 6.04 Å². The third-order valence-corrected chi connectivity index (χ3v) is 6.31. The molecule has 1 N–H and O–H groups in total. The van der Waals surface area contributed by atoms with Crippen LogP contribution in [0.25, 0.3) is 0 Å². The molecular formula is C23H34N2O3. The van der Waals surface area contributed by atoms with Gasteiger partial charge in [-0.1, -0.05) is 44.2 Å². The van der Waals surface area contributed by atoms with E-state index >= 15 is 0 Å². The fraction of sp³-hybridized carbons (Fsp3) is 0.652. The zero-order valence-corrected chi connectivity index (χ0v) is 17.2. The molecule has 5 heteroatoms. The van der Waals surface area contributed by atoms with Gasteiger partial charge in [-0.2, -0.15) is 0 Å². The fourth-order valence-corrected chi connectivity index (χ4v) is 4.39. The quantitative estimate of drug-likeness (QED) is 0.818. The summed E-state index contributed by atoms with van der Waals surface area (Å²) in [4.78, 5) is 27.9. The predicted molar refractivity (Wildman–Crippen MR) is 110 cm³/mol. The molecule has 0 aromatic heterocycles. The number of amides is 2. The Morgan fingerprint density at radius 2 is 1.71 bits per heavy atom. The Kier molecular flexibility index (Phi) is 7.49. The van der Waals surface area contributed by atoms with Crippen molar-refractivity contribution < 1.29 is 14.3 Å². The monoisotopic (exact) mass is 386 g/mol. The van der Waals surface area contributed by atoms with Crippen LogP contribution in [0.4, 0.5) is 0 Å². The Labute approximate surface area is 168 Å². The summed E-state index contributed by atoms with van der Waals surface area (Å²) in [6.07, 6.45) is 4.61. The summed E-state index contributed by atoms with van der Waals surface area (Å²) >= 11 is 0. The molecule has 5 nitrogen and oxygen atoms in total. The lowest BCUT2D eigenvalue weighted by Crippen LogP contribution is -2.53. The molecule has 2 fully saturated rings. The summed E-state index contributed by atoms with van der Waals surface area (Å²) < 4.78 is 5.37. The smallest absolute Gasteiger partial charge is 0.245 e. The van der Waals surface area contributed by atoms with Gasteiger partial charge in [0.15, 0.2) is 0 Å². The minimum Gasteiger partial charge on any atom is -0.378 e. The van der Waals surface area contributed by atoms with Gasteiger partial charge >= 0.3 is 0 Å². The first-order valence-corrected chi connectivity index (χ1v) is 10.8. The van der Waals surface area contributed by atoms with Gasteiger partial charge in [0, 0.05) is 25.4 Å². The van der Waals surface area contributed by atoms with E-state index in [-0.39, 0.29) is 17.7 Å². The number of morpholine rings is 1. The van der Waals surface area contributed by atoms with Crippen molar-refractivity contribution >= 4 is 11.8 Å². The summed E-state index contributed by atoms with van der Waals surface area (Å²) in [5.41, 5.74) is 1.07. The number of carbonyl (C=O) groups is 2. The number of nitrogens with one attached hydrogen (secondary N) is 1. The highest BCUT2D eigenvalue weighted by Gasteiger charge is 2.32. The van der Waals surface area contributed by atoms with Crippen LogP contribution in [0.3, 0.4) is 0 Å². The van der Waals surface area contributed by atoms with Gasteiger partial charge in [0.05, 0.1) is 13.2 Å². The molecule has 1 heterocycles. The largest absolute Gasteiger partial charge is 0.378 e. The van der Waals surface area contributed by atoms with Gasteiger partial charge in [-0.05, 0) is 43.1 Å². The number of carbonyl (C=O) groups excluding carboxylic acids is 2. The molecule has 0 unspecified atom stereocenters. The molecule has 0 spiro atoms. The van der Waals surface area contributed by atoms with Gasteiger partial charge in [-0.15, -0.1) is 0 Å². The molecule has 1 saturated carbocycles. The first-order chi connectivity index (χ1) is 13.5. The van der Waals surface area contributed by atoms with Crippen molar-refractivity contribution in [1.29, 1.82) is 0 Å². The van der Waals surface area contributed by atoms with E-state index in [2.05, 4.69) is 19.2 Å². The normalized spacial score (nSPS) is 24.0. The Hall–Kier alpha value is -1.88. The molecule has 1 aromatic rings. The molecule has 1 aliphatic carbocycles. The Balaban J connectivity index is 1.64. The van der Waals surface area contributed by atoms with Crippen molar-refractivity contribution in [1.82, 2.24) is 10.2 Å². The molecular weight excluding hydrogens is 352 g/mol. The second-order valence-corrected chi connectivity index (χ2v) is 8.54. The van der Waals surface area contributed by atoms with Crippen LogP contribution in [-0.4, -0.2) is 49.1 Å². The summed E-state index contributed by atoms with van der Waals surface area (Å²) in [6, 6.07) is 9.44. The lowest BCUT2D eigenvalue weighted by atomic mass is 9.76. The van der Waals surface area contributed by atoms with Gasteiger partial charge in [0.25, 0.3) is 0 Å². The molecule has 1 aromatic carbocycles. The SMILES string of the molecule is CC(C)C1CCC(C(=O)N[C@@H](Cc2ccccc2)C(=O)N2CCOCC2)CC1. The first-order valence-electron chi connectivity index (χ1n) is 10.8. The van der Waals surface area contributed by atoms with Crippen LogP contribution in [-0.2, 0) is 20.7 Å². The standard InChI is InChI=1S/C23H34N2O3/c1-17(2)19-8-10-20(11-9-19)22(26)24-21(16-18-6-4-3-5-7-18)23(27)25-12-14-28-15-13-25/h3-7,17,19-21H,8-16H2,1-2H3,(H,24,26)/t19?,20?,21-/m0/s1. The van der Waals surface area contributed by atoms with Crippen LogP contribution < -0.4 is 5.32 Å². The molecule has 28 heavy (non-hydrogen) atoms. The van der Waals surface area contributed by atoms with E-state index in [1.807, 2.05) is 35.2 Å². The minimum atomic E-state index is -0.504. The fourth-order valence-electron chi connectivity index (χ4n) is 4.39. The number of nitrogens with zero attached hydrogens (tertiary/aromatic N) is 1. The highest BCUT2D eigenvalue weighted by atomic mass is 16.5. The van der Waals surface area contributed by atoms with Gasteiger partial charge < -0.3 is 15.0 Å².